The highest BCUT2D eigenvalue weighted by Crippen LogP contribution is 2.65. The zero-order chi connectivity index (χ0) is 34.8. The maximum atomic E-state index is 14.3. The van der Waals surface area contributed by atoms with E-state index in [4.69, 9.17) is 14.0 Å². The minimum atomic E-state index is -0.884. The summed E-state index contributed by atoms with van der Waals surface area (Å²) in [6.45, 7) is 11.3. The van der Waals surface area contributed by atoms with Crippen LogP contribution in [-0.4, -0.2) is 54.4 Å². The van der Waals surface area contributed by atoms with E-state index in [1.165, 1.54) is 0 Å². The molecule has 3 N–H and O–H groups in total. The van der Waals surface area contributed by atoms with Gasteiger partial charge in [-0.1, -0.05) is 94.4 Å². The van der Waals surface area contributed by atoms with Crippen LogP contribution in [0.5, 0.6) is 0 Å². The molecule has 8 nitrogen and oxygen atoms in total. The van der Waals surface area contributed by atoms with Crippen LogP contribution in [0.4, 0.5) is 4.79 Å². The zero-order valence-electron chi connectivity index (χ0n) is 29.7. The van der Waals surface area contributed by atoms with Gasteiger partial charge in [0, 0.05) is 29.4 Å². The fourth-order valence-electron chi connectivity index (χ4n) is 9.61. The molecule has 4 fully saturated rings. The molecule has 1 aliphatic heterocycles. The Morgan fingerprint density at radius 3 is 2.32 bits per heavy atom. The van der Waals surface area contributed by atoms with E-state index < -0.39 is 19.3 Å². The van der Waals surface area contributed by atoms with Crippen LogP contribution in [0.25, 0.3) is 22.0 Å². The first-order valence-corrected chi connectivity index (χ1v) is 18.3. The summed E-state index contributed by atoms with van der Waals surface area (Å²) in [7, 11) is -0.560. The van der Waals surface area contributed by atoms with Crippen LogP contribution in [0, 0.1) is 23.2 Å². The predicted molar refractivity (Wildman–Crippen MR) is 195 cm³/mol. The number of aromatic nitrogens is 1. The van der Waals surface area contributed by atoms with E-state index in [9.17, 15) is 9.59 Å². The molecule has 2 amide bonds. The molecule has 5 aliphatic rings. The average Bonchev–Trinajstić information content (AvgIpc) is 3.77. The Hall–Kier alpha value is -4.08. The molecule has 4 aliphatic carbocycles. The van der Waals surface area contributed by atoms with Crippen LogP contribution < -0.4 is 10.6 Å². The van der Waals surface area contributed by atoms with E-state index in [1.54, 1.807) is 0 Å². The van der Waals surface area contributed by atoms with Crippen molar-refractivity contribution in [2.45, 2.75) is 89.9 Å². The molecule has 2 heterocycles. The van der Waals surface area contributed by atoms with Gasteiger partial charge in [0.2, 0.25) is 5.91 Å². The third-order valence-electron chi connectivity index (χ3n) is 12.4. The van der Waals surface area contributed by atoms with Crippen molar-refractivity contribution in [3.8, 4) is 11.1 Å². The molecule has 6 atom stereocenters. The van der Waals surface area contributed by atoms with Crippen LogP contribution in [0.3, 0.4) is 0 Å². The zero-order valence-corrected chi connectivity index (χ0v) is 29.7. The number of hydrogen-bond acceptors (Lipinski definition) is 5. The van der Waals surface area contributed by atoms with Gasteiger partial charge in [0.1, 0.15) is 12.6 Å². The smallest absolute Gasteiger partial charge is 0.449 e. The van der Waals surface area contributed by atoms with E-state index in [1.807, 2.05) is 54.7 Å². The van der Waals surface area contributed by atoms with Gasteiger partial charge in [0.25, 0.3) is 0 Å². The first kappa shape index (κ1) is 33.1. The van der Waals surface area contributed by atoms with E-state index in [-0.39, 0.29) is 47.4 Å². The van der Waals surface area contributed by atoms with Crippen molar-refractivity contribution in [3.63, 3.8) is 0 Å². The number of carbonyl (C=O) groups excluding carboxylic acids is 2. The number of amides is 2. The van der Waals surface area contributed by atoms with Crippen molar-refractivity contribution in [1.82, 2.24) is 15.6 Å². The molecule has 1 aromatic heterocycles. The second-order valence-electron chi connectivity index (χ2n) is 16.2. The summed E-state index contributed by atoms with van der Waals surface area (Å²) in [5.41, 5.74) is 6.35. The fourth-order valence-corrected chi connectivity index (χ4v) is 9.61. The largest absolute Gasteiger partial charge is 0.481 e. The van der Waals surface area contributed by atoms with Crippen LogP contribution in [0.1, 0.15) is 76.5 Å². The number of fused-ring (bicyclic) bond motifs is 4. The maximum absolute atomic E-state index is 14.3. The van der Waals surface area contributed by atoms with Crippen molar-refractivity contribution in [2.24, 2.45) is 23.2 Å². The Balaban J connectivity index is 1.01. The highest BCUT2D eigenvalue weighted by Gasteiger charge is 2.68. The van der Waals surface area contributed by atoms with Gasteiger partial charge in [-0.3, -0.25) is 4.79 Å². The Labute approximate surface area is 295 Å². The number of para-hydroxylation sites is 1. The highest BCUT2D eigenvalue weighted by molar-refractivity contribution is 6.48. The average molecular weight is 674 g/mol. The summed E-state index contributed by atoms with van der Waals surface area (Å²) in [4.78, 5) is 31.2. The predicted octanol–water partition coefficient (Wildman–Crippen LogP) is 7.42. The number of rotatable bonds is 10. The Morgan fingerprint density at radius 2 is 1.62 bits per heavy atom. The van der Waals surface area contributed by atoms with Crippen LogP contribution in [0.15, 0.2) is 79.0 Å². The number of nitrogens with one attached hydrogen (secondary N) is 3. The molecule has 0 unspecified atom stereocenters. The monoisotopic (exact) mass is 673 g/mol. The Bertz CT molecular complexity index is 1880. The van der Waals surface area contributed by atoms with Gasteiger partial charge in [-0.15, -0.1) is 0 Å². The molecule has 0 radical (unpaired) electrons. The topological polar surface area (TPSA) is 102 Å². The minimum Gasteiger partial charge on any atom is -0.449 e. The number of aromatic amines is 1. The SMILES string of the molecule is CC(C)C[C@H](NC(=O)[C@H](Cc1c[nH]c2ccccc12)NC(=O)OCC1c2ccccc2-c2ccccc21)B1O[C@@H]2C[C@@H]3C[C@@H](C3(C)C)[C@]2(C)O1. The summed E-state index contributed by atoms with van der Waals surface area (Å²) < 4.78 is 19.4. The molecule has 50 heavy (non-hydrogen) atoms. The van der Waals surface area contributed by atoms with Crippen molar-refractivity contribution in [2.75, 3.05) is 6.61 Å². The normalized spacial score (nSPS) is 25.7. The summed E-state index contributed by atoms with van der Waals surface area (Å²) in [6.07, 6.45) is 4.41. The maximum Gasteiger partial charge on any atom is 0.481 e. The second kappa shape index (κ2) is 12.6. The summed E-state index contributed by atoms with van der Waals surface area (Å²) in [5, 5.41) is 7.25. The van der Waals surface area contributed by atoms with E-state index in [0.29, 0.717) is 24.7 Å². The van der Waals surface area contributed by atoms with Crippen molar-refractivity contribution in [1.29, 1.82) is 0 Å². The lowest BCUT2D eigenvalue weighted by atomic mass is 9.43. The van der Waals surface area contributed by atoms with Gasteiger partial charge in [-0.2, -0.15) is 0 Å². The van der Waals surface area contributed by atoms with Crippen LogP contribution >= 0.6 is 0 Å². The molecule has 4 aromatic rings. The molecule has 9 rings (SSSR count). The van der Waals surface area contributed by atoms with Gasteiger partial charge in [0.15, 0.2) is 0 Å². The van der Waals surface area contributed by atoms with Gasteiger partial charge >= 0.3 is 13.2 Å². The van der Waals surface area contributed by atoms with E-state index in [2.05, 4.69) is 74.5 Å². The third-order valence-corrected chi connectivity index (χ3v) is 12.4. The van der Waals surface area contributed by atoms with Crippen molar-refractivity contribution in [3.05, 3.63) is 95.7 Å². The number of benzene rings is 3. The van der Waals surface area contributed by atoms with Crippen LogP contribution in [-0.2, 0) is 25.3 Å². The Kier molecular flexibility index (Phi) is 8.34. The fraction of sp³-hybridized carbons (Fsp3) is 0.463. The lowest BCUT2D eigenvalue weighted by Crippen LogP contribution is -2.65. The van der Waals surface area contributed by atoms with E-state index >= 15 is 0 Å². The lowest BCUT2D eigenvalue weighted by Gasteiger charge is -2.64. The molecule has 3 saturated carbocycles. The summed E-state index contributed by atoms with van der Waals surface area (Å²) in [6, 6.07) is 23.6. The summed E-state index contributed by atoms with van der Waals surface area (Å²) >= 11 is 0. The first-order valence-electron chi connectivity index (χ1n) is 18.3. The highest BCUT2D eigenvalue weighted by atomic mass is 16.7. The number of H-pyrrole nitrogens is 1. The standard InChI is InChI=1S/C41H48BN3O5/c1-24(2)18-37(42-49-36-21-26-20-35(40(26,3)4)41(36,5)50-42)45-38(46)34(19-25-22-43-33-17-11-10-12-27(25)33)44-39(47)48-23-32-30-15-8-6-13-28(30)29-14-7-9-16-31(29)32/h6-17,22,24,26,32,34-37,43H,18-21,23H2,1-5H3,(H,44,47)(H,45,46)/t26-,34-,35-,36+,37-,41-/m0/s1. The van der Waals surface area contributed by atoms with Gasteiger partial charge in [0.05, 0.1) is 17.6 Å². The molecule has 0 spiro atoms. The number of ether oxygens (including phenoxy) is 1. The van der Waals surface area contributed by atoms with Gasteiger partial charge in [-0.05, 0) is 83.2 Å². The van der Waals surface area contributed by atoms with Crippen LogP contribution in [0.2, 0.25) is 0 Å². The van der Waals surface area contributed by atoms with Crippen molar-refractivity contribution >= 4 is 30.0 Å². The molecule has 2 bridgehead atoms. The molecule has 1 saturated heterocycles. The molecule has 9 heteroatoms. The molecule has 3 aromatic carbocycles. The number of alkyl carbamates (subject to hydrolysis) is 1. The second-order valence-corrected chi connectivity index (χ2v) is 16.2. The minimum absolute atomic E-state index is 0.0109. The lowest BCUT2D eigenvalue weighted by molar-refractivity contribution is -0.199. The van der Waals surface area contributed by atoms with Gasteiger partial charge < -0.3 is 29.7 Å². The summed E-state index contributed by atoms with van der Waals surface area (Å²) in [5.74, 6) is 0.598. The molecular weight excluding hydrogens is 625 g/mol. The van der Waals surface area contributed by atoms with Crippen molar-refractivity contribution < 1.29 is 23.6 Å². The number of carbonyl (C=O) groups is 2. The third kappa shape index (κ3) is 5.63. The van der Waals surface area contributed by atoms with Gasteiger partial charge in [-0.25, -0.2) is 4.79 Å². The first-order chi connectivity index (χ1) is 24.0. The molecular formula is C41H48BN3O5. The molecule has 260 valence electrons. The van der Waals surface area contributed by atoms with E-state index in [0.717, 1.165) is 51.6 Å². The number of hydrogen-bond donors (Lipinski definition) is 3. The quantitative estimate of drug-likeness (QED) is 0.152. The Morgan fingerprint density at radius 1 is 0.940 bits per heavy atom.